The summed E-state index contributed by atoms with van der Waals surface area (Å²) in [5.41, 5.74) is 2.68. The standard InChI is InChI=1S/C24H27N7O3S/c1-15-5-7-16(8-6-15)19-4-3-10-31(19)23-28-20(22(33)26-9-11-34-2)18(14-32)21(29-23)30-24-27-13-17(12-25)35-24/h5-8,13,19,32H,3-4,9-11,14H2,1-2H3,(H,26,33)(H,27,28,29,30)/t19-/m0/s1. The molecule has 0 unspecified atom stereocenters. The molecule has 2 aromatic heterocycles. The monoisotopic (exact) mass is 493 g/mol. The predicted molar refractivity (Wildman–Crippen MR) is 133 cm³/mol. The number of hydrogen-bond donors (Lipinski definition) is 3. The molecule has 0 aliphatic carbocycles. The summed E-state index contributed by atoms with van der Waals surface area (Å²) in [4.78, 5) is 29.1. The van der Waals surface area contributed by atoms with Crippen LogP contribution in [0.2, 0.25) is 0 Å². The highest BCUT2D eigenvalue weighted by molar-refractivity contribution is 7.16. The molecular weight excluding hydrogens is 466 g/mol. The van der Waals surface area contributed by atoms with Crippen LogP contribution in [0.3, 0.4) is 0 Å². The second kappa shape index (κ2) is 11.2. The number of rotatable bonds is 9. The molecule has 1 atom stereocenters. The number of thiazole rings is 1. The van der Waals surface area contributed by atoms with Crippen molar-refractivity contribution in [2.45, 2.75) is 32.4 Å². The van der Waals surface area contributed by atoms with Crippen molar-refractivity contribution in [3.63, 3.8) is 0 Å². The minimum absolute atomic E-state index is 0.0675. The first-order chi connectivity index (χ1) is 17.0. The number of ether oxygens (including phenoxy) is 1. The fourth-order valence-electron chi connectivity index (χ4n) is 4.02. The van der Waals surface area contributed by atoms with Gasteiger partial charge in [-0.25, -0.2) is 9.97 Å². The third kappa shape index (κ3) is 5.57. The first-order valence-corrected chi connectivity index (χ1v) is 12.1. The maximum Gasteiger partial charge on any atom is 0.270 e. The first kappa shape index (κ1) is 24.5. The van der Waals surface area contributed by atoms with Gasteiger partial charge in [0, 0.05) is 20.2 Å². The van der Waals surface area contributed by atoms with Crippen molar-refractivity contribution in [1.29, 1.82) is 5.26 Å². The average molecular weight is 494 g/mol. The number of carbonyl (C=O) groups is 1. The number of carbonyl (C=O) groups excluding carboxylic acids is 1. The Bertz CT molecular complexity index is 1220. The summed E-state index contributed by atoms with van der Waals surface area (Å²) in [6, 6.07) is 10.5. The average Bonchev–Trinajstić information content (AvgIpc) is 3.54. The third-order valence-corrected chi connectivity index (χ3v) is 6.59. The molecule has 0 radical (unpaired) electrons. The van der Waals surface area contributed by atoms with E-state index in [1.165, 1.54) is 11.8 Å². The van der Waals surface area contributed by atoms with Crippen molar-refractivity contribution in [2.75, 3.05) is 37.0 Å². The zero-order valence-electron chi connectivity index (χ0n) is 19.6. The molecule has 11 heteroatoms. The van der Waals surface area contributed by atoms with Gasteiger partial charge >= 0.3 is 0 Å². The molecule has 1 fully saturated rings. The molecule has 182 valence electrons. The van der Waals surface area contributed by atoms with E-state index in [0.717, 1.165) is 36.3 Å². The molecule has 35 heavy (non-hydrogen) atoms. The van der Waals surface area contributed by atoms with Gasteiger partial charge in [-0.05, 0) is 25.3 Å². The predicted octanol–water partition coefficient (Wildman–Crippen LogP) is 3.07. The SMILES string of the molecule is COCCNC(=O)c1nc(N2CCC[C@H]2c2ccc(C)cc2)nc(Nc2ncc(C#N)s2)c1CO. The molecule has 0 spiro atoms. The van der Waals surface area contributed by atoms with E-state index in [4.69, 9.17) is 15.0 Å². The van der Waals surface area contributed by atoms with Gasteiger partial charge in [-0.15, -0.1) is 0 Å². The van der Waals surface area contributed by atoms with Gasteiger partial charge in [0.15, 0.2) is 5.13 Å². The van der Waals surface area contributed by atoms with E-state index in [9.17, 15) is 9.90 Å². The van der Waals surface area contributed by atoms with Gasteiger partial charge in [0.05, 0.1) is 31.0 Å². The number of aliphatic hydroxyl groups excluding tert-OH is 1. The highest BCUT2D eigenvalue weighted by Gasteiger charge is 2.30. The number of methoxy groups -OCH3 is 1. The van der Waals surface area contributed by atoms with E-state index in [1.54, 1.807) is 7.11 Å². The van der Waals surface area contributed by atoms with Crippen molar-refractivity contribution < 1.29 is 14.6 Å². The Morgan fingerprint density at radius 2 is 2.14 bits per heavy atom. The molecule has 0 bridgehead atoms. The Morgan fingerprint density at radius 3 is 2.83 bits per heavy atom. The van der Waals surface area contributed by atoms with E-state index >= 15 is 0 Å². The summed E-state index contributed by atoms with van der Waals surface area (Å²) >= 11 is 1.16. The third-order valence-electron chi connectivity index (χ3n) is 5.77. The zero-order chi connectivity index (χ0) is 24.8. The van der Waals surface area contributed by atoms with Crippen LogP contribution in [0, 0.1) is 18.3 Å². The van der Waals surface area contributed by atoms with Crippen LogP contribution < -0.4 is 15.5 Å². The summed E-state index contributed by atoms with van der Waals surface area (Å²) < 4.78 is 5.03. The minimum atomic E-state index is -0.451. The van der Waals surface area contributed by atoms with Crippen molar-refractivity contribution in [3.8, 4) is 6.07 Å². The second-order valence-corrected chi connectivity index (χ2v) is 9.17. The quantitative estimate of drug-likeness (QED) is 0.384. The number of aromatic nitrogens is 3. The van der Waals surface area contributed by atoms with Gasteiger partial charge in [-0.2, -0.15) is 10.2 Å². The number of benzene rings is 1. The number of nitriles is 1. The molecule has 1 amide bonds. The topological polar surface area (TPSA) is 136 Å². The molecule has 10 nitrogen and oxygen atoms in total. The van der Waals surface area contributed by atoms with Crippen molar-refractivity contribution in [1.82, 2.24) is 20.3 Å². The lowest BCUT2D eigenvalue weighted by Crippen LogP contribution is -2.31. The molecule has 4 rings (SSSR count). The van der Waals surface area contributed by atoms with E-state index in [0.29, 0.717) is 29.1 Å². The Kier molecular flexibility index (Phi) is 7.87. The van der Waals surface area contributed by atoms with E-state index < -0.39 is 12.5 Å². The number of anilines is 3. The summed E-state index contributed by atoms with van der Waals surface area (Å²) in [6.07, 6.45) is 3.35. The summed E-state index contributed by atoms with van der Waals surface area (Å²) in [7, 11) is 1.55. The smallest absolute Gasteiger partial charge is 0.270 e. The van der Waals surface area contributed by atoms with Crippen LogP contribution in [0.25, 0.3) is 0 Å². The maximum absolute atomic E-state index is 13.0. The summed E-state index contributed by atoms with van der Waals surface area (Å²) in [5.74, 6) is 0.241. The number of nitrogens with one attached hydrogen (secondary N) is 2. The zero-order valence-corrected chi connectivity index (χ0v) is 20.4. The van der Waals surface area contributed by atoms with Crippen molar-refractivity contribution >= 4 is 34.1 Å². The van der Waals surface area contributed by atoms with Crippen LogP contribution in [0.15, 0.2) is 30.5 Å². The van der Waals surface area contributed by atoms with Crippen LogP contribution in [0.1, 0.15) is 50.9 Å². The van der Waals surface area contributed by atoms with Gasteiger partial charge < -0.3 is 25.4 Å². The van der Waals surface area contributed by atoms with Crippen LogP contribution in [0.5, 0.6) is 0 Å². The molecule has 0 saturated carbocycles. The largest absolute Gasteiger partial charge is 0.391 e. The number of amides is 1. The Labute approximate surface area is 207 Å². The van der Waals surface area contributed by atoms with Gasteiger partial charge in [0.1, 0.15) is 22.5 Å². The number of aliphatic hydroxyl groups is 1. The fraction of sp³-hybridized carbons (Fsp3) is 0.375. The lowest BCUT2D eigenvalue weighted by atomic mass is 10.0. The van der Waals surface area contributed by atoms with Crippen LogP contribution >= 0.6 is 11.3 Å². The fourth-order valence-corrected chi connectivity index (χ4v) is 4.63. The molecule has 1 saturated heterocycles. The molecule has 3 N–H and O–H groups in total. The minimum Gasteiger partial charge on any atom is -0.391 e. The van der Waals surface area contributed by atoms with E-state index in [-0.39, 0.29) is 23.1 Å². The Morgan fingerprint density at radius 1 is 1.34 bits per heavy atom. The highest BCUT2D eigenvalue weighted by Crippen LogP contribution is 2.36. The first-order valence-electron chi connectivity index (χ1n) is 11.3. The second-order valence-electron chi connectivity index (χ2n) is 8.13. The molecule has 3 heterocycles. The van der Waals surface area contributed by atoms with Gasteiger partial charge in [0.2, 0.25) is 5.95 Å². The van der Waals surface area contributed by atoms with E-state index in [1.807, 2.05) is 0 Å². The maximum atomic E-state index is 13.0. The lowest BCUT2D eigenvalue weighted by Gasteiger charge is -2.26. The van der Waals surface area contributed by atoms with Crippen LogP contribution in [-0.2, 0) is 11.3 Å². The summed E-state index contributed by atoms with van der Waals surface area (Å²) in [6.45, 7) is 2.98. The van der Waals surface area contributed by atoms with Gasteiger partial charge in [-0.3, -0.25) is 4.79 Å². The molecule has 1 aliphatic heterocycles. The van der Waals surface area contributed by atoms with Crippen molar-refractivity contribution in [2.24, 2.45) is 0 Å². The highest BCUT2D eigenvalue weighted by atomic mass is 32.1. The lowest BCUT2D eigenvalue weighted by molar-refractivity contribution is 0.0928. The molecule has 1 aromatic carbocycles. The normalized spacial score (nSPS) is 15.1. The Hall–Kier alpha value is -3.59. The van der Waals surface area contributed by atoms with E-state index in [2.05, 4.69) is 62.8 Å². The van der Waals surface area contributed by atoms with Crippen LogP contribution in [0.4, 0.5) is 16.9 Å². The number of aryl methyl sites for hydroxylation is 1. The Balaban J connectivity index is 1.75. The number of nitrogens with zero attached hydrogens (tertiary/aromatic N) is 5. The molecular formula is C24H27N7O3S. The molecule has 1 aliphatic rings. The van der Waals surface area contributed by atoms with Gasteiger partial charge in [-0.1, -0.05) is 41.2 Å². The van der Waals surface area contributed by atoms with Crippen LogP contribution in [-0.4, -0.2) is 52.8 Å². The number of hydrogen-bond acceptors (Lipinski definition) is 10. The molecule has 3 aromatic rings. The van der Waals surface area contributed by atoms with Crippen molar-refractivity contribution in [3.05, 3.63) is 57.7 Å². The summed E-state index contributed by atoms with van der Waals surface area (Å²) in [5, 5.41) is 25.6. The van der Waals surface area contributed by atoms with Gasteiger partial charge in [0.25, 0.3) is 5.91 Å².